The van der Waals surface area contributed by atoms with Crippen molar-refractivity contribution in [1.82, 2.24) is 4.98 Å². The number of rotatable bonds is 6. The van der Waals surface area contributed by atoms with E-state index in [4.69, 9.17) is 9.84 Å². The molecule has 0 radical (unpaired) electrons. The Hall–Kier alpha value is -2.98. The summed E-state index contributed by atoms with van der Waals surface area (Å²) in [6, 6.07) is 9.37. The molecule has 3 rings (SSSR count). The number of carboxylic acids is 1. The molecule has 0 saturated heterocycles. The number of hydrogen-bond acceptors (Lipinski definition) is 6. The van der Waals surface area contributed by atoms with Gasteiger partial charge in [-0.25, -0.2) is 14.2 Å². The number of aromatic carboxylic acids is 1. The van der Waals surface area contributed by atoms with Crippen LogP contribution in [0.15, 0.2) is 52.9 Å². The number of nitrogens with zero attached hydrogens (tertiary/aromatic N) is 1. The third-order valence-corrected chi connectivity index (χ3v) is 5.84. The van der Waals surface area contributed by atoms with Crippen molar-refractivity contribution in [2.45, 2.75) is 5.03 Å². The first-order valence-electron chi connectivity index (χ1n) is 7.46. The SMILES string of the molecule is COc1cc(NS(=O)(=O)c2csc(-c3ccc(F)cc3)n2)ccc1C(=O)O. The molecule has 0 spiro atoms. The molecule has 7 nitrogen and oxygen atoms in total. The average Bonchev–Trinajstić information content (AvgIpc) is 3.12. The van der Waals surface area contributed by atoms with Gasteiger partial charge in [0, 0.05) is 17.0 Å². The minimum Gasteiger partial charge on any atom is -0.496 e. The van der Waals surface area contributed by atoms with Gasteiger partial charge in [0.15, 0.2) is 5.03 Å². The number of carboxylic acid groups (broad SMARTS) is 1. The molecule has 0 atom stereocenters. The number of ether oxygens (including phenoxy) is 1. The first-order valence-corrected chi connectivity index (χ1v) is 9.82. The third-order valence-electron chi connectivity index (χ3n) is 3.53. The predicted octanol–water partition coefficient (Wildman–Crippen LogP) is 3.46. The van der Waals surface area contributed by atoms with Crippen molar-refractivity contribution in [2.24, 2.45) is 0 Å². The lowest BCUT2D eigenvalue weighted by Crippen LogP contribution is -2.13. The van der Waals surface area contributed by atoms with Gasteiger partial charge in [0.05, 0.1) is 12.8 Å². The van der Waals surface area contributed by atoms with Crippen LogP contribution < -0.4 is 9.46 Å². The summed E-state index contributed by atoms with van der Waals surface area (Å²) >= 11 is 1.10. The maximum atomic E-state index is 13.0. The highest BCUT2D eigenvalue weighted by Crippen LogP contribution is 2.28. The van der Waals surface area contributed by atoms with Crippen LogP contribution in [0.2, 0.25) is 0 Å². The molecular weight excluding hydrogens is 395 g/mol. The van der Waals surface area contributed by atoms with Crippen molar-refractivity contribution in [3.8, 4) is 16.3 Å². The molecule has 1 aromatic heterocycles. The van der Waals surface area contributed by atoms with Gasteiger partial charge in [0.1, 0.15) is 22.1 Å². The highest BCUT2D eigenvalue weighted by atomic mass is 32.2. The van der Waals surface area contributed by atoms with Gasteiger partial charge < -0.3 is 9.84 Å². The number of anilines is 1. The van der Waals surface area contributed by atoms with Crippen molar-refractivity contribution in [3.05, 3.63) is 59.2 Å². The zero-order chi connectivity index (χ0) is 19.6. The van der Waals surface area contributed by atoms with E-state index < -0.39 is 21.8 Å². The predicted molar refractivity (Wildman–Crippen MR) is 98.3 cm³/mol. The Morgan fingerprint density at radius 2 is 1.93 bits per heavy atom. The van der Waals surface area contributed by atoms with Gasteiger partial charge in [-0.05, 0) is 36.4 Å². The van der Waals surface area contributed by atoms with Crippen LogP contribution in [0, 0.1) is 5.82 Å². The fraction of sp³-hybridized carbons (Fsp3) is 0.0588. The van der Waals surface area contributed by atoms with Gasteiger partial charge in [-0.3, -0.25) is 4.72 Å². The highest BCUT2D eigenvalue weighted by Gasteiger charge is 2.20. The second kappa shape index (κ2) is 7.33. The number of benzene rings is 2. The molecule has 0 bridgehead atoms. The van der Waals surface area contributed by atoms with Crippen molar-refractivity contribution >= 4 is 33.0 Å². The number of carbonyl (C=O) groups is 1. The van der Waals surface area contributed by atoms with Crippen LogP contribution in [0.4, 0.5) is 10.1 Å². The molecule has 0 aliphatic carbocycles. The van der Waals surface area contributed by atoms with Gasteiger partial charge in [-0.2, -0.15) is 8.42 Å². The summed E-state index contributed by atoms with van der Waals surface area (Å²) in [5, 5.41) is 10.7. The molecule has 0 fully saturated rings. The lowest BCUT2D eigenvalue weighted by Gasteiger charge is -2.09. The molecule has 140 valence electrons. The lowest BCUT2D eigenvalue weighted by molar-refractivity contribution is 0.0693. The van der Waals surface area contributed by atoms with Crippen LogP contribution in [-0.2, 0) is 10.0 Å². The zero-order valence-electron chi connectivity index (χ0n) is 13.8. The summed E-state index contributed by atoms with van der Waals surface area (Å²) < 4.78 is 45.4. The Kier molecular flexibility index (Phi) is 5.10. The minimum absolute atomic E-state index is 0.0213. The van der Waals surface area contributed by atoms with E-state index in [9.17, 15) is 17.6 Å². The molecule has 1 heterocycles. The molecule has 0 aliphatic heterocycles. The van der Waals surface area contributed by atoms with Gasteiger partial charge in [-0.1, -0.05) is 0 Å². The van der Waals surface area contributed by atoms with Crippen molar-refractivity contribution in [2.75, 3.05) is 11.8 Å². The average molecular weight is 408 g/mol. The lowest BCUT2D eigenvalue weighted by atomic mass is 10.2. The molecule has 3 aromatic rings. The van der Waals surface area contributed by atoms with Gasteiger partial charge >= 0.3 is 5.97 Å². The van der Waals surface area contributed by atoms with E-state index in [1.807, 2.05) is 0 Å². The van der Waals surface area contributed by atoms with E-state index in [-0.39, 0.29) is 22.0 Å². The van der Waals surface area contributed by atoms with Gasteiger partial charge in [0.25, 0.3) is 10.0 Å². The molecular formula is C17H13FN2O5S2. The number of methoxy groups -OCH3 is 1. The summed E-state index contributed by atoms with van der Waals surface area (Å²) in [6.07, 6.45) is 0. The zero-order valence-corrected chi connectivity index (χ0v) is 15.5. The Balaban J connectivity index is 1.87. The molecule has 2 N–H and O–H groups in total. The van der Waals surface area contributed by atoms with Crippen LogP contribution in [0.25, 0.3) is 10.6 Å². The summed E-state index contributed by atoms with van der Waals surface area (Å²) in [5.41, 5.74) is 0.635. The van der Waals surface area contributed by atoms with Crippen LogP contribution >= 0.6 is 11.3 Å². The van der Waals surface area contributed by atoms with Crippen LogP contribution in [0.5, 0.6) is 5.75 Å². The number of thiazole rings is 1. The van der Waals surface area contributed by atoms with Crippen molar-refractivity contribution in [1.29, 1.82) is 0 Å². The Morgan fingerprint density at radius 1 is 1.22 bits per heavy atom. The third kappa shape index (κ3) is 4.07. The molecule has 27 heavy (non-hydrogen) atoms. The maximum absolute atomic E-state index is 13.0. The number of nitrogens with one attached hydrogen (secondary N) is 1. The van der Waals surface area contributed by atoms with E-state index in [2.05, 4.69) is 9.71 Å². The fourth-order valence-corrected chi connectivity index (χ4v) is 4.40. The number of sulfonamides is 1. The Labute approximate surface area is 158 Å². The standard InChI is InChI=1S/C17H13FN2O5S2/c1-25-14-8-12(6-7-13(14)17(21)22)20-27(23,24)15-9-26-16(19-15)10-2-4-11(18)5-3-10/h2-9,20H,1H3,(H,21,22). The monoisotopic (exact) mass is 408 g/mol. The molecule has 0 aliphatic rings. The minimum atomic E-state index is -3.99. The molecule has 0 amide bonds. The highest BCUT2D eigenvalue weighted by molar-refractivity contribution is 7.92. The summed E-state index contributed by atoms with van der Waals surface area (Å²) in [6.45, 7) is 0. The molecule has 2 aromatic carbocycles. The summed E-state index contributed by atoms with van der Waals surface area (Å²) in [7, 11) is -2.71. The quantitative estimate of drug-likeness (QED) is 0.647. The van der Waals surface area contributed by atoms with Gasteiger partial charge in [0.2, 0.25) is 0 Å². The topological polar surface area (TPSA) is 106 Å². The Morgan fingerprint density at radius 3 is 2.56 bits per heavy atom. The van der Waals surface area contributed by atoms with Crippen LogP contribution in [-0.4, -0.2) is 31.6 Å². The van der Waals surface area contributed by atoms with E-state index in [1.54, 1.807) is 0 Å². The van der Waals surface area contributed by atoms with Crippen LogP contribution in [0.3, 0.4) is 0 Å². The smallest absolute Gasteiger partial charge is 0.339 e. The largest absolute Gasteiger partial charge is 0.496 e. The second-order valence-corrected chi connectivity index (χ2v) is 7.81. The maximum Gasteiger partial charge on any atom is 0.339 e. The second-order valence-electron chi connectivity index (χ2n) is 5.32. The summed E-state index contributed by atoms with van der Waals surface area (Å²) in [5.74, 6) is -1.57. The van der Waals surface area contributed by atoms with E-state index >= 15 is 0 Å². The summed E-state index contributed by atoms with van der Waals surface area (Å²) in [4.78, 5) is 15.2. The van der Waals surface area contributed by atoms with E-state index in [0.717, 1.165) is 11.3 Å². The molecule has 10 heteroatoms. The van der Waals surface area contributed by atoms with E-state index in [1.165, 1.54) is 55.0 Å². The number of aromatic nitrogens is 1. The van der Waals surface area contributed by atoms with Gasteiger partial charge in [-0.15, -0.1) is 11.3 Å². The number of hydrogen-bond donors (Lipinski definition) is 2. The molecule has 0 saturated carbocycles. The van der Waals surface area contributed by atoms with Crippen LogP contribution in [0.1, 0.15) is 10.4 Å². The van der Waals surface area contributed by atoms with Crippen molar-refractivity contribution < 1.29 is 27.4 Å². The first kappa shape index (κ1) is 18.8. The fourth-order valence-electron chi connectivity index (χ4n) is 2.25. The normalized spacial score (nSPS) is 11.2. The molecule has 0 unspecified atom stereocenters. The first-order chi connectivity index (χ1) is 12.8. The number of halogens is 1. The van der Waals surface area contributed by atoms with E-state index in [0.29, 0.717) is 10.6 Å². The Bertz CT molecular complexity index is 1090. The van der Waals surface area contributed by atoms with Crippen molar-refractivity contribution in [3.63, 3.8) is 0 Å².